The van der Waals surface area contributed by atoms with Crippen molar-refractivity contribution in [3.63, 3.8) is 0 Å². The molecule has 0 aliphatic carbocycles. The molecule has 2 saturated heterocycles. The quantitative estimate of drug-likeness (QED) is 0.0434. The summed E-state index contributed by atoms with van der Waals surface area (Å²) in [6, 6.07) is 7.08. The molecule has 21 nitrogen and oxygen atoms in total. The maximum Gasteiger partial charge on any atom is 0.409 e. The number of allylic oxidation sites excluding steroid dienone is 3. The first-order chi connectivity index (χ1) is 37.1. The lowest BCUT2D eigenvalue weighted by molar-refractivity contribution is -0.162. The van der Waals surface area contributed by atoms with Crippen molar-refractivity contribution >= 4 is 90.1 Å². The number of rotatable bonds is 18. The van der Waals surface area contributed by atoms with E-state index >= 15 is 0 Å². The van der Waals surface area contributed by atoms with Crippen LogP contribution < -0.4 is 30.4 Å². The van der Waals surface area contributed by atoms with Crippen molar-refractivity contribution in [3.05, 3.63) is 70.3 Å². The summed E-state index contributed by atoms with van der Waals surface area (Å²) in [5.41, 5.74) is 2.18. The molecule has 6 rings (SSSR count). The van der Waals surface area contributed by atoms with Gasteiger partial charge in [-0.1, -0.05) is 63.9 Å². The third kappa shape index (κ3) is 15.8. The van der Waals surface area contributed by atoms with E-state index in [0.29, 0.717) is 47.1 Å². The van der Waals surface area contributed by atoms with Crippen LogP contribution in [-0.4, -0.2) is 160 Å². The first-order valence-corrected chi connectivity index (χ1v) is 30.2. The summed E-state index contributed by atoms with van der Waals surface area (Å²) < 4.78 is 60.6. The number of methoxy groups -OCH3 is 2. The molecule has 25 heteroatoms. The Bertz CT molecular complexity index is 2850. The first kappa shape index (κ1) is 62.8. The van der Waals surface area contributed by atoms with E-state index < -0.39 is 86.2 Å². The number of anilines is 1. The molecule has 4 N–H and O–H groups in total. The average molecular weight is 1180 g/mol. The number of ether oxygens (including phenoxy) is 6. The largest absolute Gasteiger partial charge is 0.495 e. The van der Waals surface area contributed by atoms with E-state index in [2.05, 4.69) is 21.2 Å². The Morgan fingerprint density at radius 3 is 2.56 bits per heavy atom. The number of amides is 5. The highest BCUT2D eigenvalue weighted by Gasteiger charge is 2.64. The van der Waals surface area contributed by atoms with E-state index in [4.69, 9.17) is 40.0 Å². The molecule has 5 amide bonds. The fourth-order valence-electron chi connectivity index (χ4n) is 9.54. The Hall–Kier alpha value is -5.37. The van der Waals surface area contributed by atoms with Gasteiger partial charge in [-0.25, -0.2) is 23.4 Å². The van der Waals surface area contributed by atoms with E-state index in [9.17, 15) is 42.3 Å². The molecule has 2 aromatic rings. The van der Waals surface area contributed by atoms with Crippen LogP contribution in [0.1, 0.15) is 97.6 Å². The molecule has 0 radical (unpaired) electrons. The zero-order valence-corrected chi connectivity index (χ0v) is 49.7. The van der Waals surface area contributed by atoms with Crippen LogP contribution in [-0.2, 0) is 59.2 Å². The van der Waals surface area contributed by atoms with Gasteiger partial charge in [0.2, 0.25) is 23.6 Å². The summed E-state index contributed by atoms with van der Waals surface area (Å²) >= 11 is 6.83. The number of alkyl carbamates (subject to hydrolysis) is 1. The fourth-order valence-corrected chi connectivity index (χ4v) is 13.8. The van der Waals surface area contributed by atoms with Crippen molar-refractivity contribution in [1.82, 2.24) is 21.0 Å². The van der Waals surface area contributed by atoms with Crippen LogP contribution >= 0.6 is 33.2 Å². The number of hydrogen-bond acceptors (Lipinski definition) is 18. The summed E-state index contributed by atoms with van der Waals surface area (Å²) in [5, 5.41) is 21.4. The van der Waals surface area contributed by atoms with Crippen LogP contribution in [0.4, 0.5) is 10.5 Å². The third-order valence-electron chi connectivity index (χ3n) is 14.4. The lowest BCUT2D eigenvalue weighted by atomic mass is 9.83. The van der Waals surface area contributed by atoms with Crippen molar-refractivity contribution in [3.8, 4) is 11.5 Å². The number of epoxide rings is 1. The van der Waals surface area contributed by atoms with Crippen LogP contribution in [0.25, 0.3) is 0 Å². The van der Waals surface area contributed by atoms with Crippen LogP contribution in [0.2, 0.25) is 5.02 Å². The molecule has 4 aliphatic heterocycles. The molecule has 8 atom stereocenters. The number of fused-ring (bicyclic) bond motifs is 6. The first-order valence-electron chi connectivity index (χ1n) is 25.9. The van der Waals surface area contributed by atoms with Gasteiger partial charge >= 0.3 is 12.1 Å². The maximum atomic E-state index is 14.4. The standard InChI is InChI=1S/C54H73ClN6O15S3/c1-31-14-12-15-42(72-11)54(68)29-40(74-51(67)57-54)32(2)49-53(6,76-49)43(28-47(65)61(9)38-25-34(24-31)26-39(71-10)48(38)55)75-50(66)33(3)60(8)46(64)19-22-77-78-52(4,5)30-45(63)59-58-37-20-23-79(69,70)41-27-35(17-18-36(37)41)73-21-13-16-44(62)56-7/h12,14-15,17-18,25-27,32-33,40,42-43,49,68H,13,16,19-24,28-30H2,1-11H3,(H,56,62)(H,57,67)(H,59,63)/b15-12+,31-14+,58-37+/t32-,33+,40+,42-,43+,49+,53+,54+/m1/s1. The summed E-state index contributed by atoms with van der Waals surface area (Å²) in [7, 11) is 6.59. The number of nitrogens with zero attached hydrogens (tertiary/aromatic N) is 3. The van der Waals surface area contributed by atoms with E-state index in [1.807, 2.05) is 26.8 Å². The number of aliphatic hydroxyl groups is 1. The van der Waals surface area contributed by atoms with Crippen LogP contribution in [0.15, 0.2) is 64.1 Å². The van der Waals surface area contributed by atoms with Gasteiger partial charge in [0, 0.05) is 82.3 Å². The van der Waals surface area contributed by atoms with Gasteiger partial charge in [-0.3, -0.25) is 24.5 Å². The molecule has 2 aromatic carbocycles. The monoisotopic (exact) mass is 1180 g/mol. The van der Waals surface area contributed by atoms with Gasteiger partial charge in [0.05, 0.1) is 48.3 Å². The second kappa shape index (κ2) is 26.5. The van der Waals surface area contributed by atoms with E-state index in [1.54, 1.807) is 64.4 Å². The molecular formula is C54H73ClN6O15S3. The molecule has 2 fully saturated rings. The van der Waals surface area contributed by atoms with Gasteiger partial charge in [0.15, 0.2) is 15.6 Å². The molecule has 0 saturated carbocycles. The smallest absolute Gasteiger partial charge is 0.409 e. The molecular weight excluding hydrogens is 1100 g/mol. The van der Waals surface area contributed by atoms with Crippen molar-refractivity contribution in [2.75, 3.05) is 58.4 Å². The van der Waals surface area contributed by atoms with Crippen LogP contribution in [0.5, 0.6) is 11.5 Å². The Balaban J connectivity index is 1.08. The molecule has 79 heavy (non-hydrogen) atoms. The number of carbonyl (C=O) groups is 6. The van der Waals surface area contributed by atoms with E-state index in [-0.39, 0.29) is 72.6 Å². The molecule has 0 unspecified atom stereocenters. The summed E-state index contributed by atoms with van der Waals surface area (Å²) in [6.45, 7) is 10.8. The molecule has 0 spiro atoms. The van der Waals surface area contributed by atoms with Gasteiger partial charge in [-0.05, 0) is 83.4 Å². The topological polar surface area (TPSA) is 270 Å². The van der Waals surface area contributed by atoms with Gasteiger partial charge in [0.1, 0.15) is 46.5 Å². The third-order valence-corrected chi connectivity index (χ3v) is 19.8. The number of esters is 1. The Morgan fingerprint density at radius 1 is 1.13 bits per heavy atom. The van der Waals surface area contributed by atoms with Gasteiger partial charge in [-0.15, -0.1) is 0 Å². The number of hydrazone groups is 1. The predicted octanol–water partition coefficient (Wildman–Crippen LogP) is 6.06. The second-order valence-electron chi connectivity index (χ2n) is 20.9. The highest BCUT2D eigenvalue weighted by molar-refractivity contribution is 8.77. The highest BCUT2D eigenvalue weighted by Crippen LogP contribution is 2.49. The fraction of sp³-hybridized carbons (Fsp3) is 0.574. The number of nitrogens with one attached hydrogen (secondary N) is 3. The van der Waals surface area contributed by atoms with Crippen molar-refractivity contribution in [1.29, 1.82) is 0 Å². The summed E-state index contributed by atoms with van der Waals surface area (Å²) in [4.78, 5) is 82.6. The second-order valence-corrected chi connectivity index (χ2v) is 26.5. The molecule has 4 aliphatic rings. The van der Waals surface area contributed by atoms with Crippen molar-refractivity contribution in [2.45, 2.75) is 144 Å². The molecule has 4 heterocycles. The molecule has 4 bridgehead atoms. The van der Waals surface area contributed by atoms with Gasteiger partial charge in [0.25, 0.3) is 0 Å². The zero-order valence-electron chi connectivity index (χ0n) is 46.5. The number of likely N-dealkylation sites (N-methyl/N-ethyl adjacent to an activating group) is 1. The number of sulfone groups is 1. The van der Waals surface area contributed by atoms with Crippen LogP contribution in [0, 0.1) is 5.92 Å². The summed E-state index contributed by atoms with van der Waals surface area (Å²) in [6.07, 6.45) is 1.29. The Morgan fingerprint density at radius 2 is 1.86 bits per heavy atom. The molecule has 0 aromatic heterocycles. The molecule has 434 valence electrons. The summed E-state index contributed by atoms with van der Waals surface area (Å²) in [5.74, 6) is -1.98. The minimum atomic E-state index is -3.63. The highest BCUT2D eigenvalue weighted by atomic mass is 35.5. The van der Waals surface area contributed by atoms with E-state index in [0.717, 1.165) is 11.1 Å². The maximum absolute atomic E-state index is 14.4. The SMILES string of the molecule is CNC(=O)CCCOc1ccc2c(c1)S(=O)(=O)CC/C2=N\NC(=O)CC(C)(C)SSCCC(=O)N(C)[C@@H](C)C(=O)O[C@H]1CC(=O)N(C)c2cc(cc(OC)c2Cl)C/C(C)=C/C=C/[C@@H](OC)[C@@]2(O)C[C@H](OC(=O)N2)[C@@H](C)[C@@H]2O[C@@]12C. The van der Waals surface area contributed by atoms with Crippen LogP contribution in [0.3, 0.4) is 0 Å². The van der Waals surface area contributed by atoms with E-state index in [1.165, 1.54) is 65.6 Å². The number of halogens is 1. The van der Waals surface area contributed by atoms with Gasteiger partial charge < -0.3 is 48.6 Å². The number of benzene rings is 2. The van der Waals surface area contributed by atoms with Crippen molar-refractivity contribution < 1.29 is 70.7 Å². The normalized spacial score (nSPS) is 26.8. The van der Waals surface area contributed by atoms with Gasteiger partial charge in [-0.2, -0.15) is 5.10 Å². The minimum absolute atomic E-state index is 0.0273. The Labute approximate surface area is 474 Å². The average Bonchev–Trinajstić information content (AvgIpc) is 4.28. The lowest BCUT2D eigenvalue weighted by Gasteiger charge is -2.42. The predicted molar refractivity (Wildman–Crippen MR) is 301 cm³/mol. The minimum Gasteiger partial charge on any atom is -0.495 e. The Kier molecular flexibility index (Phi) is 21.1. The number of hydrogen-bond donors (Lipinski definition) is 4. The number of carbonyl (C=O) groups excluding carboxylic acids is 6. The lowest BCUT2D eigenvalue weighted by Crippen LogP contribution is -2.63. The zero-order chi connectivity index (χ0) is 58.2. The van der Waals surface area contributed by atoms with Crippen molar-refractivity contribution in [2.24, 2.45) is 11.0 Å².